The molecule has 1 aliphatic heterocycles. The Morgan fingerprint density at radius 2 is 1.72 bits per heavy atom. The van der Waals surface area contributed by atoms with Crippen LogP contribution in [0.1, 0.15) is 36.2 Å². The number of rotatable bonds is 4. The van der Waals surface area contributed by atoms with E-state index in [2.05, 4.69) is 15.3 Å². The van der Waals surface area contributed by atoms with Gasteiger partial charge in [-0.05, 0) is 43.9 Å². The number of likely N-dealkylation sites (tertiary alicyclic amines) is 1. The van der Waals surface area contributed by atoms with Crippen LogP contribution in [0.5, 0.6) is 0 Å². The molecule has 4 rings (SSSR count). The van der Waals surface area contributed by atoms with Crippen molar-refractivity contribution < 1.29 is 4.79 Å². The molecule has 130 valence electrons. The van der Waals surface area contributed by atoms with E-state index in [9.17, 15) is 9.59 Å². The largest absolute Gasteiger partial charge is 0.348 e. The highest BCUT2D eigenvalue weighted by Gasteiger charge is 2.32. The molecular formula is C19H22N4O2. The third-order valence-electron chi connectivity index (χ3n) is 4.96. The van der Waals surface area contributed by atoms with Crippen LogP contribution in [-0.4, -0.2) is 45.8 Å². The molecule has 0 radical (unpaired) electrons. The number of nitrogens with zero attached hydrogens (tertiary/aromatic N) is 3. The second kappa shape index (κ2) is 6.80. The van der Waals surface area contributed by atoms with Crippen molar-refractivity contribution in [1.29, 1.82) is 0 Å². The molecule has 1 aromatic carbocycles. The van der Waals surface area contributed by atoms with Gasteiger partial charge in [0.05, 0.1) is 5.69 Å². The fraction of sp³-hybridized carbons (Fsp3) is 0.421. The van der Waals surface area contributed by atoms with Crippen molar-refractivity contribution in [3.63, 3.8) is 0 Å². The van der Waals surface area contributed by atoms with Gasteiger partial charge in [0.1, 0.15) is 5.69 Å². The van der Waals surface area contributed by atoms with E-state index in [1.54, 1.807) is 12.1 Å². The molecule has 0 atom stereocenters. The summed E-state index contributed by atoms with van der Waals surface area (Å²) in [5.74, 6) is -0.213. The van der Waals surface area contributed by atoms with Crippen LogP contribution in [0.3, 0.4) is 0 Å². The number of carbonyl (C=O) groups is 1. The molecule has 1 N–H and O–H groups in total. The lowest BCUT2D eigenvalue weighted by Gasteiger charge is -2.32. The van der Waals surface area contributed by atoms with Crippen molar-refractivity contribution in [1.82, 2.24) is 20.0 Å². The summed E-state index contributed by atoms with van der Waals surface area (Å²) in [6, 6.07) is 13.0. The van der Waals surface area contributed by atoms with Crippen LogP contribution in [0.25, 0.3) is 5.69 Å². The molecule has 1 aromatic heterocycles. The van der Waals surface area contributed by atoms with Crippen LogP contribution in [0.2, 0.25) is 0 Å². The zero-order valence-corrected chi connectivity index (χ0v) is 14.1. The first kappa shape index (κ1) is 16.0. The molecular weight excluding hydrogens is 316 g/mol. The minimum atomic E-state index is -0.250. The Kier molecular flexibility index (Phi) is 4.36. The topological polar surface area (TPSA) is 67.2 Å². The molecule has 25 heavy (non-hydrogen) atoms. The quantitative estimate of drug-likeness (QED) is 0.919. The van der Waals surface area contributed by atoms with Gasteiger partial charge in [-0.2, -0.15) is 9.78 Å². The lowest BCUT2D eigenvalue weighted by atomic mass is 10.0. The van der Waals surface area contributed by atoms with E-state index < -0.39 is 0 Å². The molecule has 2 aliphatic rings. The van der Waals surface area contributed by atoms with E-state index >= 15 is 0 Å². The van der Waals surface area contributed by atoms with E-state index in [-0.39, 0.29) is 23.2 Å². The van der Waals surface area contributed by atoms with Crippen molar-refractivity contribution in [3.8, 4) is 5.69 Å². The zero-order chi connectivity index (χ0) is 17.2. The van der Waals surface area contributed by atoms with E-state index in [1.165, 1.54) is 29.7 Å². The Bertz CT molecular complexity index is 806. The van der Waals surface area contributed by atoms with Gasteiger partial charge >= 0.3 is 0 Å². The van der Waals surface area contributed by atoms with Gasteiger partial charge in [-0.1, -0.05) is 18.2 Å². The second-order valence-corrected chi connectivity index (χ2v) is 6.82. The number of nitrogens with one attached hydrogen (secondary N) is 1. The maximum atomic E-state index is 12.5. The summed E-state index contributed by atoms with van der Waals surface area (Å²) in [5.41, 5.74) is 0.674. The summed E-state index contributed by atoms with van der Waals surface area (Å²) in [5, 5.41) is 7.31. The lowest BCUT2D eigenvalue weighted by molar-refractivity contribution is 0.0902. The fourth-order valence-electron chi connectivity index (χ4n) is 3.39. The van der Waals surface area contributed by atoms with Gasteiger partial charge in [0, 0.05) is 31.2 Å². The standard InChI is InChI=1S/C19H22N4O2/c24-18-9-8-17(21-23(18)16-4-2-1-3-5-16)19(25)20-14-10-12-22(13-11-14)15-6-7-15/h1-5,8-9,14-15H,6-7,10-13H2,(H,20,25). The summed E-state index contributed by atoms with van der Waals surface area (Å²) in [4.78, 5) is 27.1. The normalized spacial score (nSPS) is 18.9. The first-order chi connectivity index (χ1) is 12.2. The molecule has 6 nitrogen and oxygen atoms in total. The highest BCUT2D eigenvalue weighted by atomic mass is 16.2. The van der Waals surface area contributed by atoms with Gasteiger partial charge in [-0.15, -0.1) is 0 Å². The molecule has 0 spiro atoms. The number of para-hydroxylation sites is 1. The molecule has 0 bridgehead atoms. The first-order valence-electron chi connectivity index (χ1n) is 8.91. The molecule has 1 saturated carbocycles. The van der Waals surface area contributed by atoms with Crippen LogP contribution in [0.15, 0.2) is 47.3 Å². The van der Waals surface area contributed by atoms with Crippen molar-refractivity contribution in [3.05, 3.63) is 58.5 Å². The van der Waals surface area contributed by atoms with Crippen LogP contribution in [0.4, 0.5) is 0 Å². The number of aromatic nitrogens is 2. The minimum absolute atomic E-state index is 0.182. The highest BCUT2D eigenvalue weighted by molar-refractivity contribution is 5.92. The monoisotopic (exact) mass is 338 g/mol. The van der Waals surface area contributed by atoms with Crippen LogP contribution < -0.4 is 10.9 Å². The third kappa shape index (κ3) is 3.64. The molecule has 1 amide bonds. The number of hydrogen-bond donors (Lipinski definition) is 1. The van der Waals surface area contributed by atoms with Crippen LogP contribution in [0, 0.1) is 0 Å². The maximum Gasteiger partial charge on any atom is 0.271 e. The van der Waals surface area contributed by atoms with E-state index in [0.29, 0.717) is 5.69 Å². The van der Waals surface area contributed by atoms with Gasteiger partial charge < -0.3 is 10.2 Å². The van der Waals surface area contributed by atoms with Crippen molar-refractivity contribution >= 4 is 5.91 Å². The smallest absolute Gasteiger partial charge is 0.271 e. The first-order valence-corrected chi connectivity index (χ1v) is 8.91. The number of carbonyl (C=O) groups excluding carboxylic acids is 1. The Hall–Kier alpha value is -2.47. The average Bonchev–Trinajstić information content (AvgIpc) is 3.48. The molecule has 1 aliphatic carbocycles. The highest BCUT2D eigenvalue weighted by Crippen LogP contribution is 2.29. The van der Waals surface area contributed by atoms with Gasteiger partial charge in [-0.3, -0.25) is 9.59 Å². The second-order valence-electron chi connectivity index (χ2n) is 6.82. The average molecular weight is 338 g/mol. The Morgan fingerprint density at radius 1 is 1.00 bits per heavy atom. The maximum absolute atomic E-state index is 12.5. The van der Waals surface area contributed by atoms with Gasteiger partial charge in [0.2, 0.25) is 0 Å². The zero-order valence-electron chi connectivity index (χ0n) is 14.1. The number of benzene rings is 1. The summed E-state index contributed by atoms with van der Waals surface area (Å²) in [6.45, 7) is 2.10. The van der Waals surface area contributed by atoms with Crippen molar-refractivity contribution in [2.75, 3.05) is 13.1 Å². The number of piperidine rings is 1. The van der Waals surface area contributed by atoms with E-state index in [1.807, 2.05) is 18.2 Å². The predicted octanol–water partition coefficient (Wildman–Crippen LogP) is 1.59. The number of amides is 1. The fourth-order valence-corrected chi connectivity index (χ4v) is 3.39. The SMILES string of the molecule is O=C(NC1CCN(C2CC2)CC1)c1ccc(=O)n(-c2ccccc2)n1. The van der Waals surface area contributed by atoms with E-state index in [0.717, 1.165) is 32.0 Å². The Morgan fingerprint density at radius 3 is 2.40 bits per heavy atom. The summed E-state index contributed by atoms with van der Waals surface area (Å²) >= 11 is 0. The lowest BCUT2D eigenvalue weighted by Crippen LogP contribution is -2.45. The molecule has 2 fully saturated rings. The molecule has 2 heterocycles. The van der Waals surface area contributed by atoms with Crippen LogP contribution >= 0.6 is 0 Å². The minimum Gasteiger partial charge on any atom is -0.348 e. The van der Waals surface area contributed by atoms with Gasteiger partial charge in [0.25, 0.3) is 11.5 Å². The van der Waals surface area contributed by atoms with Crippen molar-refractivity contribution in [2.45, 2.75) is 37.8 Å². The van der Waals surface area contributed by atoms with Crippen LogP contribution in [-0.2, 0) is 0 Å². The summed E-state index contributed by atoms with van der Waals surface area (Å²) < 4.78 is 1.27. The van der Waals surface area contributed by atoms with Gasteiger partial charge in [0.15, 0.2) is 0 Å². The Balaban J connectivity index is 1.44. The summed E-state index contributed by atoms with van der Waals surface area (Å²) in [7, 11) is 0. The van der Waals surface area contributed by atoms with E-state index in [4.69, 9.17) is 0 Å². The van der Waals surface area contributed by atoms with Crippen molar-refractivity contribution in [2.24, 2.45) is 0 Å². The van der Waals surface area contributed by atoms with Gasteiger partial charge in [-0.25, -0.2) is 0 Å². The Labute approximate surface area is 146 Å². The molecule has 0 unspecified atom stereocenters. The molecule has 2 aromatic rings. The number of hydrogen-bond acceptors (Lipinski definition) is 4. The summed E-state index contributed by atoms with van der Waals surface area (Å²) in [6.07, 6.45) is 4.59. The predicted molar refractivity (Wildman–Crippen MR) is 94.9 cm³/mol. The molecule has 6 heteroatoms. The molecule has 1 saturated heterocycles. The third-order valence-corrected chi connectivity index (χ3v) is 4.96.